The molecular formula is C9H12N4O. The minimum Gasteiger partial charge on any atom is -0.326 e. The van der Waals surface area contributed by atoms with Crippen LogP contribution in [0.3, 0.4) is 0 Å². The molecule has 3 N–H and O–H groups in total. The molecule has 0 aliphatic heterocycles. The first-order valence-corrected chi connectivity index (χ1v) is 4.54. The number of pyridine rings is 1. The van der Waals surface area contributed by atoms with E-state index in [1.165, 1.54) is 0 Å². The van der Waals surface area contributed by atoms with Crippen LogP contribution in [0.1, 0.15) is 12.5 Å². The highest BCUT2D eigenvalue weighted by Gasteiger charge is 2.05. The number of rotatable bonds is 2. The molecule has 0 unspecified atom stereocenters. The molecule has 0 bridgehead atoms. The van der Waals surface area contributed by atoms with Crippen LogP contribution < -0.4 is 11.3 Å². The van der Waals surface area contributed by atoms with E-state index in [1.54, 1.807) is 16.9 Å². The first-order valence-electron chi connectivity index (χ1n) is 4.54. The van der Waals surface area contributed by atoms with E-state index in [-0.39, 0.29) is 12.1 Å². The highest BCUT2D eigenvalue weighted by molar-refractivity contribution is 5.74. The number of aromatic nitrogens is 3. The number of nitrogens with one attached hydrogen (secondary N) is 1. The summed E-state index contributed by atoms with van der Waals surface area (Å²) in [6, 6.07) is 1.79. The van der Waals surface area contributed by atoms with Gasteiger partial charge in [0.15, 0.2) is 0 Å². The van der Waals surface area contributed by atoms with Crippen LogP contribution in [-0.4, -0.2) is 14.8 Å². The molecule has 0 fully saturated rings. The maximum atomic E-state index is 11.5. The molecule has 0 spiro atoms. The summed E-state index contributed by atoms with van der Waals surface area (Å²) in [6.45, 7) is 2.96. The lowest BCUT2D eigenvalue weighted by atomic mass is 10.2. The third kappa shape index (κ3) is 1.22. The molecule has 0 atom stereocenters. The van der Waals surface area contributed by atoms with Crippen molar-refractivity contribution in [1.82, 2.24) is 14.8 Å². The zero-order valence-corrected chi connectivity index (χ0v) is 7.95. The summed E-state index contributed by atoms with van der Waals surface area (Å²) in [5.74, 6) is 0. The van der Waals surface area contributed by atoms with Gasteiger partial charge in [0.1, 0.15) is 5.65 Å². The third-order valence-electron chi connectivity index (χ3n) is 2.24. The van der Waals surface area contributed by atoms with E-state index in [0.29, 0.717) is 5.56 Å². The van der Waals surface area contributed by atoms with E-state index in [0.717, 1.165) is 17.6 Å². The van der Waals surface area contributed by atoms with Gasteiger partial charge in [-0.25, -0.2) is 4.68 Å². The van der Waals surface area contributed by atoms with E-state index in [1.807, 2.05) is 6.92 Å². The maximum absolute atomic E-state index is 11.5. The van der Waals surface area contributed by atoms with Crippen LogP contribution >= 0.6 is 0 Å². The van der Waals surface area contributed by atoms with Crippen LogP contribution in [0, 0.1) is 0 Å². The Morgan fingerprint density at radius 2 is 2.43 bits per heavy atom. The Morgan fingerprint density at radius 1 is 1.64 bits per heavy atom. The number of nitrogens with two attached hydrogens (primary N) is 1. The standard InChI is InChI=1S/C9H12N4O/c1-2-13-8-7(5-11-13)3-6(4-10)9(14)12-8/h3,5H,2,4,10H2,1H3,(H,12,14). The van der Waals surface area contributed by atoms with Crippen molar-refractivity contribution in [2.75, 3.05) is 0 Å². The van der Waals surface area contributed by atoms with Crippen molar-refractivity contribution >= 4 is 11.0 Å². The van der Waals surface area contributed by atoms with Crippen molar-refractivity contribution < 1.29 is 0 Å². The highest BCUT2D eigenvalue weighted by Crippen LogP contribution is 2.09. The molecule has 2 heterocycles. The minimum absolute atomic E-state index is 0.129. The molecule has 0 aromatic carbocycles. The van der Waals surface area contributed by atoms with Crippen molar-refractivity contribution in [3.8, 4) is 0 Å². The van der Waals surface area contributed by atoms with Gasteiger partial charge in [-0.2, -0.15) is 5.10 Å². The molecule has 0 radical (unpaired) electrons. The van der Waals surface area contributed by atoms with Crippen LogP contribution in [0.2, 0.25) is 0 Å². The number of H-pyrrole nitrogens is 1. The summed E-state index contributed by atoms with van der Waals surface area (Å²) >= 11 is 0. The van der Waals surface area contributed by atoms with E-state index in [4.69, 9.17) is 5.73 Å². The smallest absolute Gasteiger partial charge is 0.254 e. The molecule has 0 amide bonds. The minimum atomic E-state index is -0.129. The van der Waals surface area contributed by atoms with Crippen molar-refractivity contribution in [2.24, 2.45) is 5.73 Å². The Bertz CT molecular complexity index is 511. The zero-order valence-electron chi connectivity index (χ0n) is 7.95. The Kier molecular flexibility index (Phi) is 2.09. The quantitative estimate of drug-likeness (QED) is 0.713. The first-order chi connectivity index (χ1) is 6.76. The van der Waals surface area contributed by atoms with Gasteiger partial charge in [-0.3, -0.25) is 4.79 Å². The van der Waals surface area contributed by atoms with Gasteiger partial charge < -0.3 is 10.7 Å². The van der Waals surface area contributed by atoms with E-state index in [9.17, 15) is 4.79 Å². The molecule has 5 heteroatoms. The van der Waals surface area contributed by atoms with Gasteiger partial charge in [-0.05, 0) is 13.0 Å². The number of nitrogens with zero attached hydrogens (tertiary/aromatic N) is 2. The van der Waals surface area contributed by atoms with Crippen LogP contribution in [0.15, 0.2) is 17.1 Å². The van der Waals surface area contributed by atoms with Crippen LogP contribution in [0.4, 0.5) is 0 Å². The number of hydrogen-bond acceptors (Lipinski definition) is 3. The summed E-state index contributed by atoms with van der Waals surface area (Å²) in [5.41, 5.74) is 6.65. The summed E-state index contributed by atoms with van der Waals surface area (Å²) in [7, 11) is 0. The molecule has 5 nitrogen and oxygen atoms in total. The van der Waals surface area contributed by atoms with Crippen LogP contribution in [-0.2, 0) is 13.1 Å². The molecular weight excluding hydrogens is 180 g/mol. The summed E-state index contributed by atoms with van der Waals surface area (Å²) in [4.78, 5) is 14.2. The Balaban J connectivity index is 2.75. The number of aryl methyl sites for hydroxylation is 1. The number of hydrogen-bond donors (Lipinski definition) is 2. The maximum Gasteiger partial charge on any atom is 0.254 e. The van der Waals surface area contributed by atoms with Gasteiger partial charge in [0.25, 0.3) is 5.56 Å². The molecule has 74 valence electrons. The molecule has 0 aliphatic carbocycles. The topological polar surface area (TPSA) is 76.7 Å². The monoisotopic (exact) mass is 192 g/mol. The predicted octanol–water partition coefficient (Wildman–Crippen LogP) is 0.203. The Hall–Kier alpha value is -1.62. The fraction of sp³-hybridized carbons (Fsp3) is 0.333. The lowest BCUT2D eigenvalue weighted by molar-refractivity contribution is 0.675. The first kappa shape index (κ1) is 8.96. The SMILES string of the molecule is CCn1ncc2cc(CN)c(=O)[nH]c21. The molecule has 2 aromatic rings. The molecule has 0 saturated heterocycles. The van der Waals surface area contributed by atoms with Gasteiger partial charge in [-0.1, -0.05) is 0 Å². The molecule has 0 saturated carbocycles. The lowest BCUT2D eigenvalue weighted by Gasteiger charge is -1.99. The Labute approximate surface area is 80.5 Å². The molecule has 2 aromatic heterocycles. The average molecular weight is 192 g/mol. The highest BCUT2D eigenvalue weighted by atomic mass is 16.1. The van der Waals surface area contributed by atoms with Gasteiger partial charge in [-0.15, -0.1) is 0 Å². The Morgan fingerprint density at radius 3 is 3.07 bits per heavy atom. The van der Waals surface area contributed by atoms with Gasteiger partial charge in [0, 0.05) is 24.0 Å². The van der Waals surface area contributed by atoms with Crippen molar-refractivity contribution in [1.29, 1.82) is 0 Å². The van der Waals surface area contributed by atoms with Crippen molar-refractivity contribution in [3.63, 3.8) is 0 Å². The average Bonchev–Trinajstić information content (AvgIpc) is 2.58. The second-order valence-electron chi connectivity index (χ2n) is 3.09. The van der Waals surface area contributed by atoms with Crippen LogP contribution in [0.25, 0.3) is 11.0 Å². The third-order valence-corrected chi connectivity index (χ3v) is 2.24. The fourth-order valence-electron chi connectivity index (χ4n) is 1.47. The normalized spacial score (nSPS) is 11.0. The molecule has 14 heavy (non-hydrogen) atoms. The van der Waals surface area contributed by atoms with Crippen molar-refractivity contribution in [2.45, 2.75) is 20.0 Å². The van der Waals surface area contributed by atoms with E-state index in [2.05, 4.69) is 10.1 Å². The van der Waals surface area contributed by atoms with E-state index < -0.39 is 0 Å². The van der Waals surface area contributed by atoms with Gasteiger partial charge in [0.05, 0.1) is 6.20 Å². The van der Waals surface area contributed by atoms with Gasteiger partial charge in [0.2, 0.25) is 0 Å². The largest absolute Gasteiger partial charge is 0.326 e. The summed E-state index contributed by atoms with van der Waals surface area (Å²) in [5, 5.41) is 5.06. The van der Waals surface area contributed by atoms with Crippen LogP contribution in [0.5, 0.6) is 0 Å². The molecule has 0 aliphatic rings. The van der Waals surface area contributed by atoms with Crippen molar-refractivity contribution in [3.05, 3.63) is 28.2 Å². The lowest BCUT2D eigenvalue weighted by Crippen LogP contribution is -2.16. The number of aromatic amines is 1. The summed E-state index contributed by atoms with van der Waals surface area (Å²) in [6.07, 6.45) is 1.73. The second-order valence-corrected chi connectivity index (χ2v) is 3.09. The van der Waals surface area contributed by atoms with E-state index >= 15 is 0 Å². The van der Waals surface area contributed by atoms with Gasteiger partial charge >= 0.3 is 0 Å². The second kappa shape index (κ2) is 3.26. The fourth-order valence-corrected chi connectivity index (χ4v) is 1.47. The predicted molar refractivity (Wildman–Crippen MR) is 53.9 cm³/mol. The molecule has 2 rings (SSSR count). The zero-order chi connectivity index (χ0) is 10.1. The number of fused-ring (bicyclic) bond motifs is 1. The summed E-state index contributed by atoms with van der Waals surface area (Å²) < 4.78 is 1.75.